The summed E-state index contributed by atoms with van der Waals surface area (Å²) >= 11 is 3.49. The lowest BCUT2D eigenvalue weighted by Crippen LogP contribution is -2.35. The Bertz CT molecular complexity index is 1200. The summed E-state index contributed by atoms with van der Waals surface area (Å²) in [5, 5.41) is 4.37. The molecule has 1 aliphatic rings. The average Bonchev–Trinajstić information content (AvgIpc) is 2.80. The number of rotatable bonds is 5. The van der Waals surface area contributed by atoms with E-state index >= 15 is 0 Å². The molecule has 0 aliphatic carbocycles. The van der Waals surface area contributed by atoms with Crippen molar-refractivity contribution in [1.29, 1.82) is 0 Å². The summed E-state index contributed by atoms with van der Waals surface area (Å²) in [6, 6.07) is 12.4. The van der Waals surface area contributed by atoms with Crippen LogP contribution in [0.2, 0.25) is 0 Å². The lowest BCUT2D eigenvalue weighted by atomic mass is 10.0. The Kier molecular flexibility index (Phi) is 5.84. The highest BCUT2D eigenvalue weighted by atomic mass is 79.9. The summed E-state index contributed by atoms with van der Waals surface area (Å²) in [4.78, 5) is 19.9. The first kappa shape index (κ1) is 20.0. The van der Waals surface area contributed by atoms with Crippen molar-refractivity contribution in [2.24, 2.45) is 0 Å². The fourth-order valence-electron chi connectivity index (χ4n) is 3.68. The summed E-state index contributed by atoms with van der Waals surface area (Å²) in [5.74, 6) is 0.564. The number of hydrogen-bond donors (Lipinski definition) is 1. The fraction of sp³-hybridized carbons (Fsp3) is 0.217. The van der Waals surface area contributed by atoms with Crippen LogP contribution in [0.1, 0.15) is 5.56 Å². The molecule has 0 bridgehead atoms. The van der Waals surface area contributed by atoms with Gasteiger partial charge in [-0.25, -0.2) is 19.9 Å². The minimum Gasteiger partial charge on any atom is -0.379 e. The van der Waals surface area contributed by atoms with Crippen LogP contribution >= 0.6 is 15.9 Å². The second-order valence-electron chi connectivity index (χ2n) is 7.46. The van der Waals surface area contributed by atoms with E-state index < -0.39 is 0 Å². The van der Waals surface area contributed by atoms with Gasteiger partial charge in [0, 0.05) is 59.3 Å². The van der Waals surface area contributed by atoms with Gasteiger partial charge in [-0.15, -0.1) is 0 Å². The van der Waals surface area contributed by atoms with Gasteiger partial charge in [-0.2, -0.15) is 0 Å². The van der Waals surface area contributed by atoms with E-state index in [-0.39, 0.29) is 0 Å². The Morgan fingerprint density at radius 2 is 1.81 bits per heavy atom. The van der Waals surface area contributed by atoms with Crippen molar-refractivity contribution in [2.75, 3.05) is 31.6 Å². The molecule has 0 amide bonds. The zero-order chi connectivity index (χ0) is 21.0. The highest BCUT2D eigenvalue weighted by Gasteiger charge is 2.13. The molecule has 1 saturated heterocycles. The van der Waals surface area contributed by atoms with Crippen LogP contribution in [0.15, 0.2) is 65.8 Å². The summed E-state index contributed by atoms with van der Waals surface area (Å²) in [5.41, 5.74) is 5.05. The number of benzene rings is 2. The van der Waals surface area contributed by atoms with Crippen LogP contribution in [0.4, 0.5) is 11.6 Å². The van der Waals surface area contributed by atoms with Crippen LogP contribution in [0, 0.1) is 0 Å². The minimum absolute atomic E-state index is 0.564. The standard InChI is InChI=1S/C23H21BrN6O/c24-20-1-2-22-18(9-20)13-27-23(29-22)28-21-8-16(14-30-3-5-31-6-4-30)7-17(10-21)19-11-25-15-26-12-19/h1-2,7-13,15H,3-6,14H2,(H,27,28,29). The molecule has 4 aromatic rings. The maximum atomic E-state index is 5.49. The number of nitrogens with one attached hydrogen (secondary N) is 1. The third kappa shape index (κ3) is 4.87. The molecule has 0 spiro atoms. The van der Waals surface area contributed by atoms with E-state index in [4.69, 9.17) is 4.74 Å². The Labute approximate surface area is 188 Å². The quantitative estimate of drug-likeness (QED) is 0.456. The molecule has 8 heteroatoms. The van der Waals surface area contributed by atoms with Crippen LogP contribution in [0.3, 0.4) is 0 Å². The van der Waals surface area contributed by atoms with Crippen molar-refractivity contribution >= 4 is 38.5 Å². The highest BCUT2D eigenvalue weighted by molar-refractivity contribution is 9.10. The molecule has 5 rings (SSSR count). The van der Waals surface area contributed by atoms with Crippen molar-refractivity contribution in [3.05, 3.63) is 71.4 Å². The van der Waals surface area contributed by atoms with Crippen LogP contribution in [0.25, 0.3) is 22.0 Å². The van der Waals surface area contributed by atoms with Gasteiger partial charge >= 0.3 is 0 Å². The van der Waals surface area contributed by atoms with E-state index in [0.717, 1.165) is 65.0 Å². The van der Waals surface area contributed by atoms with Crippen molar-refractivity contribution in [3.63, 3.8) is 0 Å². The van der Waals surface area contributed by atoms with Crippen LogP contribution < -0.4 is 5.32 Å². The van der Waals surface area contributed by atoms with Crippen molar-refractivity contribution in [3.8, 4) is 11.1 Å². The zero-order valence-corrected chi connectivity index (χ0v) is 18.4. The molecule has 156 valence electrons. The monoisotopic (exact) mass is 476 g/mol. The second kappa shape index (κ2) is 9.05. The van der Waals surface area contributed by atoms with Crippen LogP contribution in [0.5, 0.6) is 0 Å². The summed E-state index contributed by atoms with van der Waals surface area (Å²) in [6.07, 6.45) is 7.03. The predicted molar refractivity (Wildman–Crippen MR) is 124 cm³/mol. The normalized spacial score (nSPS) is 14.6. The molecule has 7 nitrogen and oxygen atoms in total. The average molecular weight is 477 g/mol. The first-order valence-corrected chi connectivity index (χ1v) is 10.9. The molecule has 0 saturated carbocycles. The van der Waals surface area contributed by atoms with E-state index in [0.29, 0.717) is 5.95 Å². The molecular weight excluding hydrogens is 456 g/mol. The Morgan fingerprint density at radius 3 is 2.65 bits per heavy atom. The number of nitrogens with zero attached hydrogens (tertiary/aromatic N) is 5. The molecule has 0 atom stereocenters. The maximum Gasteiger partial charge on any atom is 0.227 e. The van der Waals surface area contributed by atoms with E-state index in [2.05, 4.69) is 64.3 Å². The minimum atomic E-state index is 0.564. The molecule has 0 radical (unpaired) electrons. The fourth-order valence-corrected chi connectivity index (χ4v) is 4.06. The van der Waals surface area contributed by atoms with Crippen molar-refractivity contribution in [1.82, 2.24) is 24.8 Å². The number of ether oxygens (including phenoxy) is 1. The molecule has 2 aromatic carbocycles. The number of anilines is 2. The number of morpholine rings is 1. The maximum absolute atomic E-state index is 5.49. The van der Waals surface area contributed by atoms with Crippen molar-refractivity contribution in [2.45, 2.75) is 6.54 Å². The predicted octanol–water partition coefficient (Wildman–Crippen LogP) is 4.43. The number of fused-ring (bicyclic) bond motifs is 1. The second-order valence-corrected chi connectivity index (χ2v) is 8.37. The van der Waals surface area contributed by atoms with Gasteiger partial charge in [0.15, 0.2) is 0 Å². The molecule has 2 aromatic heterocycles. The number of halogens is 1. The van der Waals surface area contributed by atoms with Gasteiger partial charge in [-0.05, 0) is 47.5 Å². The smallest absolute Gasteiger partial charge is 0.227 e. The molecule has 3 heterocycles. The number of hydrogen-bond acceptors (Lipinski definition) is 7. The Balaban J connectivity index is 1.47. The van der Waals surface area contributed by atoms with Gasteiger partial charge < -0.3 is 10.1 Å². The Morgan fingerprint density at radius 1 is 0.968 bits per heavy atom. The molecule has 31 heavy (non-hydrogen) atoms. The lowest BCUT2D eigenvalue weighted by molar-refractivity contribution is 0.0342. The van der Waals surface area contributed by atoms with Crippen LogP contribution in [-0.4, -0.2) is 51.1 Å². The molecule has 1 fully saturated rings. The van der Waals surface area contributed by atoms with E-state index in [9.17, 15) is 0 Å². The highest BCUT2D eigenvalue weighted by Crippen LogP contribution is 2.27. The lowest BCUT2D eigenvalue weighted by Gasteiger charge is -2.27. The first-order chi connectivity index (χ1) is 15.2. The first-order valence-electron chi connectivity index (χ1n) is 10.1. The summed E-state index contributed by atoms with van der Waals surface area (Å²) < 4.78 is 6.49. The SMILES string of the molecule is Brc1ccc2nc(Nc3cc(CN4CCOCC4)cc(-c4cncnc4)c3)ncc2c1. The summed E-state index contributed by atoms with van der Waals surface area (Å²) in [7, 11) is 0. The topological polar surface area (TPSA) is 76.1 Å². The van der Waals surface area contributed by atoms with Gasteiger partial charge in [-0.3, -0.25) is 4.90 Å². The summed E-state index contributed by atoms with van der Waals surface area (Å²) in [6.45, 7) is 4.28. The number of aromatic nitrogens is 4. The van der Waals surface area contributed by atoms with Gasteiger partial charge in [0.2, 0.25) is 5.95 Å². The van der Waals surface area contributed by atoms with E-state index in [1.165, 1.54) is 5.56 Å². The molecular formula is C23H21BrN6O. The van der Waals surface area contributed by atoms with Crippen molar-refractivity contribution < 1.29 is 4.74 Å². The van der Waals surface area contributed by atoms with Gasteiger partial charge in [-0.1, -0.05) is 15.9 Å². The van der Waals surface area contributed by atoms with Gasteiger partial charge in [0.05, 0.1) is 18.7 Å². The largest absolute Gasteiger partial charge is 0.379 e. The third-order valence-corrected chi connectivity index (χ3v) is 5.69. The zero-order valence-electron chi connectivity index (χ0n) is 16.8. The van der Waals surface area contributed by atoms with Crippen LogP contribution in [-0.2, 0) is 11.3 Å². The molecule has 1 N–H and O–H groups in total. The van der Waals surface area contributed by atoms with E-state index in [1.54, 1.807) is 6.33 Å². The van der Waals surface area contributed by atoms with Gasteiger partial charge in [0.1, 0.15) is 6.33 Å². The third-order valence-electron chi connectivity index (χ3n) is 5.19. The van der Waals surface area contributed by atoms with E-state index in [1.807, 2.05) is 36.8 Å². The Hall–Kier alpha value is -2.94. The van der Waals surface area contributed by atoms with Gasteiger partial charge in [0.25, 0.3) is 0 Å². The molecule has 0 unspecified atom stereocenters. The molecule has 1 aliphatic heterocycles.